The van der Waals surface area contributed by atoms with Crippen molar-refractivity contribution in [1.82, 2.24) is 9.96 Å². The van der Waals surface area contributed by atoms with Crippen molar-refractivity contribution in [2.24, 2.45) is 0 Å². The van der Waals surface area contributed by atoms with E-state index in [0.29, 0.717) is 25.7 Å². The maximum absolute atomic E-state index is 13.3. The van der Waals surface area contributed by atoms with Crippen LogP contribution >= 0.6 is 0 Å². The molecule has 0 unspecified atom stereocenters. The lowest BCUT2D eigenvalue weighted by atomic mass is 9.85. The number of hydroxylamine groups is 2. The Kier molecular flexibility index (Phi) is 5.75. The van der Waals surface area contributed by atoms with E-state index in [0.717, 1.165) is 11.6 Å². The lowest BCUT2D eigenvalue weighted by molar-refractivity contribution is -0.221. The van der Waals surface area contributed by atoms with Crippen LogP contribution in [-0.2, 0) is 22.4 Å². The minimum absolute atomic E-state index is 0.0990. The number of nitrogens with zero attached hydrogens (tertiary/aromatic N) is 2. The molecule has 0 N–H and O–H groups in total. The van der Waals surface area contributed by atoms with Crippen LogP contribution < -0.4 is 0 Å². The minimum atomic E-state index is -4.59. The number of piperidine rings is 1. The molecule has 2 amide bonds. The number of hydrogen-bond acceptors (Lipinski definition) is 3. The maximum atomic E-state index is 13.3. The largest absolute Gasteiger partial charge is 0.417 e. The van der Waals surface area contributed by atoms with Gasteiger partial charge in [-0.1, -0.05) is 42.5 Å². The third kappa shape index (κ3) is 4.30. The summed E-state index contributed by atoms with van der Waals surface area (Å²) in [6.07, 6.45) is -2.69. The third-order valence-corrected chi connectivity index (χ3v) is 6.11. The van der Waals surface area contributed by atoms with Gasteiger partial charge in [0.05, 0.1) is 16.7 Å². The average molecular weight is 432 g/mol. The summed E-state index contributed by atoms with van der Waals surface area (Å²) < 4.78 is 39.9. The molecule has 31 heavy (non-hydrogen) atoms. The number of likely N-dealkylation sites (tertiary alicyclic amines) is 1. The Balaban J connectivity index is 1.45. The lowest BCUT2D eigenvalue weighted by Gasteiger charge is -2.43. The molecule has 0 saturated carbocycles. The zero-order chi connectivity index (χ0) is 22.1. The zero-order valence-corrected chi connectivity index (χ0v) is 16.9. The topological polar surface area (TPSA) is 49.9 Å². The van der Waals surface area contributed by atoms with Crippen molar-refractivity contribution in [3.8, 4) is 0 Å². The Morgan fingerprint density at radius 3 is 2.29 bits per heavy atom. The van der Waals surface area contributed by atoms with E-state index >= 15 is 0 Å². The fourth-order valence-electron chi connectivity index (χ4n) is 4.40. The van der Waals surface area contributed by atoms with Crippen LogP contribution in [0.1, 0.15) is 47.2 Å². The summed E-state index contributed by atoms with van der Waals surface area (Å²) in [5, 5.41) is 1.45. The van der Waals surface area contributed by atoms with Gasteiger partial charge in [-0.15, -0.1) is 0 Å². The molecule has 8 heteroatoms. The number of amides is 2. The van der Waals surface area contributed by atoms with Gasteiger partial charge in [0.15, 0.2) is 0 Å². The molecule has 2 fully saturated rings. The summed E-state index contributed by atoms with van der Waals surface area (Å²) in [5.74, 6) is -0.734. The second-order valence-electron chi connectivity index (χ2n) is 8.01. The van der Waals surface area contributed by atoms with Crippen molar-refractivity contribution < 1.29 is 27.6 Å². The highest BCUT2D eigenvalue weighted by atomic mass is 19.4. The molecule has 0 atom stereocenters. The molecule has 2 aliphatic heterocycles. The third-order valence-electron chi connectivity index (χ3n) is 6.11. The summed E-state index contributed by atoms with van der Waals surface area (Å²) >= 11 is 0. The van der Waals surface area contributed by atoms with Gasteiger partial charge in [-0.25, -0.2) is 5.06 Å². The molecular formula is C23H23F3N2O3. The lowest BCUT2D eigenvalue weighted by Crippen LogP contribution is -2.54. The van der Waals surface area contributed by atoms with Crippen LogP contribution in [0.4, 0.5) is 13.2 Å². The van der Waals surface area contributed by atoms with Crippen molar-refractivity contribution in [2.75, 3.05) is 13.1 Å². The standard InChI is InChI=1S/C23H23F3N2O3/c24-23(25,26)19-9-5-4-8-18(19)21(30)27-14-12-22(13-15-27)11-10-20(29)28(22)31-16-17-6-2-1-3-7-17/h1-9H,10-16H2. The Morgan fingerprint density at radius 2 is 1.61 bits per heavy atom. The number of rotatable bonds is 4. The molecule has 2 saturated heterocycles. The molecule has 0 aromatic heterocycles. The second kappa shape index (κ2) is 8.34. The van der Waals surface area contributed by atoms with E-state index in [1.54, 1.807) is 0 Å². The van der Waals surface area contributed by atoms with Crippen molar-refractivity contribution in [3.63, 3.8) is 0 Å². The molecular weight excluding hydrogens is 409 g/mol. The van der Waals surface area contributed by atoms with Gasteiger partial charge in [-0.2, -0.15) is 13.2 Å². The fraction of sp³-hybridized carbons (Fsp3) is 0.391. The van der Waals surface area contributed by atoms with Crippen molar-refractivity contribution in [1.29, 1.82) is 0 Å². The van der Waals surface area contributed by atoms with Crippen LogP contribution in [0.5, 0.6) is 0 Å². The first-order valence-electron chi connectivity index (χ1n) is 10.3. The number of carbonyl (C=O) groups is 2. The summed E-state index contributed by atoms with van der Waals surface area (Å²) in [6.45, 7) is 0.795. The molecule has 0 radical (unpaired) electrons. The molecule has 0 aliphatic carbocycles. The number of alkyl halides is 3. The van der Waals surface area contributed by atoms with Gasteiger partial charge >= 0.3 is 6.18 Å². The SMILES string of the molecule is O=C(c1ccccc1C(F)(F)F)N1CCC2(CCC(=O)N2OCc2ccccc2)CC1. The van der Waals surface area contributed by atoms with E-state index in [1.165, 1.54) is 28.2 Å². The monoisotopic (exact) mass is 432 g/mol. The first-order valence-corrected chi connectivity index (χ1v) is 10.3. The van der Waals surface area contributed by atoms with Crippen molar-refractivity contribution in [2.45, 2.75) is 44.0 Å². The molecule has 2 heterocycles. The molecule has 0 bridgehead atoms. The summed E-state index contributed by atoms with van der Waals surface area (Å²) in [4.78, 5) is 32.6. The molecule has 2 aromatic rings. The van der Waals surface area contributed by atoms with Gasteiger partial charge in [0.25, 0.3) is 5.91 Å². The Labute approximate surface area is 178 Å². The Morgan fingerprint density at radius 1 is 0.968 bits per heavy atom. The summed E-state index contributed by atoms with van der Waals surface area (Å²) in [7, 11) is 0. The molecule has 1 spiro atoms. The van der Waals surface area contributed by atoms with Crippen LogP contribution in [0.15, 0.2) is 54.6 Å². The summed E-state index contributed by atoms with van der Waals surface area (Å²) in [5.41, 5.74) is -0.852. The highest BCUT2D eigenvalue weighted by Gasteiger charge is 2.49. The second-order valence-corrected chi connectivity index (χ2v) is 8.01. The van der Waals surface area contributed by atoms with Gasteiger partial charge in [-0.3, -0.25) is 14.4 Å². The Bertz CT molecular complexity index is 954. The van der Waals surface area contributed by atoms with E-state index < -0.39 is 23.2 Å². The highest BCUT2D eigenvalue weighted by Crippen LogP contribution is 2.40. The van der Waals surface area contributed by atoms with E-state index in [1.807, 2.05) is 30.3 Å². The van der Waals surface area contributed by atoms with E-state index in [-0.39, 0.29) is 31.2 Å². The maximum Gasteiger partial charge on any atom is 0.417 e. The van der Waals surface area contributed by atoms with Gasteiger partial charge in [0, 0.05) is 19.5 Å². The number of halogens is 3. The number of hydrogen-bond donors (Lipinski definition) is 0. The number of carbonyl (C=O) groups excluding carboxylic acids is 2. The van der Waals surface area contributed by atoms with Gasteiger partial charge in [0.1, 0.15) is 6.61 Å². The smallest absolute Gasteiger partial charge is 0.338 e. The average Bonchev–Trinajstić information content (AvgIpc) is 3.07. The molecule has 4 rings (SSSR count). The van der Waals surface area contributed by atoms with E-state index in [2.05, 4.69) is 0 Å². The fourth-order valence-corrected chi connectivity index (χ4v) is 4.40. The summed E-state index contributed by atoms with van der Waals surface area (Å²) in [6, 6.07) is 14.3. The van der Waals surface area contributed by atoms with Crippen LogP contribution in [0, 0.1) is 0 Å². The molecule has 5 nitrogen and oxygen atoms in total. The normalized spacial score (nSPS) is 18.6. The molecule has 2 aliphatic rings. The van der Waals surface area contributed by atoms with Crippen molar-refractivity contribution in [3.05, 3.63) is 71.3 Å². The first-order chi connectivity index (χ1) is 14.8. The van der Waals surface area contributed by atoms with Gasteiger partial charge in [-0.05, 0) is 37.0 Å². The van der Waals surface area contributed by atoms with Crippen LogP contribution in [-0.4, -0.2) is 40.4 Å². The van der Waals surface area contributed by atoms with Crippen LogP contribution in [0.3, 0.4) is 0 Å². The minimum Gasteiger partial charge on any atom is -0.338 e. The van der Waals surface area contributed by atoms with Crippen LogP contribution in [0.25, 0.3) is 0 Å². The predicted octanol–water partition coefficient (Wildman–Crippen LogP) is 4.43. The zero-order valence-electron chi connectivity index (χ0n) is 16.9. The van der Waals surface area contributed by atoms with Gasteiger partial charge < -0.3 is 4.90 Å². The van der Waals surface area contributed by atoms with Gasteiger partial charge in [0.2, 0.25) is 5.91 Å². The van der Waals surface area contributed by atoms with Crippen LogP contribution in [0.2, 0.25) is 0 Å². The predicted molar refractivity (Wildman–Crippen MR) is 107 cm³/mol. The quantitative estimate of drug-likeness (QED) is 0.718. The Hall–Kier alpha value is -2.87. The van der Waals surface area contributed by atoms with Crippen molar-refractivity contribution >= 4 is 11.8 Å². The highest BCUT2D eigenvalue weighted by molar-refractivity contribution is 5.96. The first kappa shape index (κ1) is 21.4. The van der Waals surface area contributed by atoms with E-state index in [4.69, 9.17) is 4.84 Å². The molecule has 2 aromatic carbocycles. The molecule has 164 valence electrons. The van der Waals surface area contributed by atoms with E-state index in [9.17, 15) is 22.8 Å². The number of benzene rings is 2.